The summed E-state index contributed by atoms with van der Waals surface area (Å²) in [6, 6.07) is 9.65. The Morgan fingerprint density at radius 2 is 2.07 bits per heavy atom. The zero-order valence-corrected chi connectivity index (χ0v) is 17.9. The summed E-state index contributed by atoms with van der Waals surface area (Å²) < 4.78 is 32.3. The number of rotatable bonds is 7. The van der Waals surface area contributed by atoms with Crippen LogP contribution in [0.2, 0.25) is 5.02 Å². The number of benzene rings is 2. The van der Waals surface area contributed by atoms with Gasteiger partial charge in [0.2, 0.25) is 10.0 Å². The number of hydrogen-bond donors (Lipinski definition) is 2. The number of ether oxygens (including phenoxy) is 1. The van der Waals surface area contributed by atoms with Gasteiger partial charge < -0.3 is 9.84 Å². The number of carbonyl (C=O) groups excluding carboxylic acids is 1. The summed E-state index contributed by atoms with van der Waals surface area (Å²) in [6.45, 7) is 2.44. The lowest BCUT2D eigenvalue weighted by molar-refractivity contribution is -0.124. The second kappa shape index (κ2) is 9.46. The highest BCUT2D eigenvalue weighted by atomic mass is 35.5. The number of phenolic OH excluding ortho intramolecular Hbond substituents is 1. The van der Waals surface area contributed by atoms with Gasteiger partial charge in [-0.1, -0.05) is 11.6 Å². The van der Waals surface area contributed by atoms with Crippen molar-refractivity contribution in [2.24, 2.45) is 5.10 Å². The molecule has 1 aliphatic rings. The van der Waals surface area contributed by atoms with Gasteiger partial charge in [-0.3, -0.25) is 4.79 Å². The Kier molecular flexibility index (Phi) is 6.96. The van der Waals surface area contributed by atoms with E-state index in [1.54, 1.807) is 19.1 Å². The second-order valence-corrected chi connectivity index (χ2v) is 8.95. The van der Waals surface area contributed by atoms with Crippen LogP contribution in [0, 0.1) is 0 Å². The highest BCUT2D eigenvalue weighted by molar-refractivity contribution is 7.89. The van der Waals surface area contributed by atoms with Gasteiger partial charge in [0.15, 0.2) is 11.5 Å². The minimum atomic E-state index is -3.83. The average molecular weight is 452 g/mol. The van der Waals surface area contributed by atoms with Gasteiger partial charge in [0, 0.05) is 11.6 Å². The molecule has 1 saturated heterocycles. The van der Waals surface area contributed by atoms with Gasteiger partial charge in [-0.05, 0) is 67.8 Å². The van der Waals surface area contributed by atoms with E-state index in [0.29, 0.717) is 35.8 Å². The molecule has 0 saturated carbocycles. The number of phenols is 1. The van der Waals surface area contributed by atoms with E-state index in [4.69, 9.17) is 16.3 Å². The third kappa shape index (κ3) is 4.92. The van der Waals surface area contributed by atoms with Gasteiger partial charge in [0.1, 0.15) is 6.04 Å². The molecule has 1 atom stereocenters. The van der Waals surface area contributed by atoms with Crippen molar-refractivity contribution < 1.29 is 23.1 Å². The van der Waals surface area contributed by atoms with Crippen LogP contribution in [0.1, 0.15) is 25.3 Å². The molecule has 160 valence electrons. The summed E-state index contributed by atoms with van der Waals surface area (Å²) >= 11 is 5.83. The van der Waals surface area contributed by atoms with Crippen molar-refractivity contribution in [1.82, 2.24) is 9.73 Å². The van der Waals surface area contributed by atoms with E-state index in [1.807, 2.05) is 0 Å². The summed E-state index contributed by atoms with van der Waals surface area (Å²) in [5.41, 5.74) is 3.01. The predicted molar refractivity (Wildman–Crippen MR) is 113 cm³/mol. The third-order valence-corrected chi connectivity index (χ3v) is 6.77. The molecule has 3 rings (SSSR count). The molecule has 0 aliphatic carbocycles. The summed E-state index contributed by atoms with van der Waals surface area (Å²) in [5, 5.41) is 14.1. The largest absolute Gasteiger partial charge is 0.504 e. The zero-order valence-electron chi connectivity index (χ0n) is 16.3. The van der Waals surface area contributed by atoms with E-state index in [-0.39, 0.29) is 17.2 Å². The second-order valence-electron chi connectivity index (χ2n) is 6.62. The number of carbonyl (C=O) groups is 1. The Balaban J connectivity index is 1.69. The molecule has 2 N–H and O–H groups in total. The minimum absolute atomic E-state index is 0.00652. The van der Waals surface area contributed by atoms with Crippen LogP contribution in [-0.4, -0.2) is 49.1 Å². The number of hydrazone groups is 1. The number of aromatic hydroxyl groups is 1. The Morgan fingerprint density at radius 1 is 1.33 bits per heavy atom. The van der Waals surface area contributed by atoms with Crippen molar-refractivity contribution in [3.63, 3.8) is 0 Å². The van der Waals surface area contributed by atoms with Crippen molar-refractivity contribution in [3.8, 4) is 11.5 Å². The van der Waals surface area contributed by atoms with Gasteiger partial charge in [0.25, 0.3) is 5.91 Å². The van der Waals surface area contributed by atoms with E-state index in [1.165, 1.54) is 40.9 Å². The van der Waals surface area contributed by atoms with Crippen molar-refractivity contribution >= 4 is 33.7 Å². The average Bonchev–Trinajstić information content (AvgIpc) is 3.22. The molecule has 10 heteroatoms. The molecule has 0 bridgehead atoms. The first kappa shape index (κ1) is 22.1. The molecule has 0 unspecified atom stereocenters. The number of amides is 1. The Morgan fingerprint density at radius 3 is 2.77 bits per heavy atom. The van der Waals surface area contributed by atoms with E-state index in [9.17, 15) is 18.3 Å². The van der Waals surface area contributed by atoms with Crippen molar-refractivity contribution in [2.75, 3.05) is 13.2 Å². The molecule has 1 fully saturated rings. The van der Waals surface area contributed by atoms with Crippen LogP contribution in [0.15, 0.2) is 52.5 Å². The molecule has 30 heavy (non-hydrogen) atoms. The monoisotopic (exact) mass is 451 g/mol. The Bertz CT molecular complexity index is 1040. The van der Waals surface area contributed by atoms with Gasteiger partial charge in [0.05, 0.1) is 17.7 Å². The highest BCUT2D eigenvalue weighted by Gasteiger charge is 2.39. The van der Waals surface area contributed by atoms with E-state index in [0.717, 1.165) is 0 Å². The van der Waals surface area contributed by atoms with Gasteiger partial charge >= 0.3 is 0 Å². The molecule has 0 radical (unpaired) electrons. The predicted octanol–water partition coefficient (Wildman–Crippen LogP) is 2.75. The molecule has 0 spiro atoms. The lowest BCUT2D eigenvalue weighted by atomic mass is 10.2. The summed E-state index contributed by atoms with van der Waals surface area (Å²) in [4.78, 5) is 12.7. The summed E-state index contributed by atoms with van der Waals surface area (Å²) in [6.07, 6.45) is 2.37. The number of nitrogens with zero attached hydrogens (tertiary/aromatic N) is 2. The van der Waals surface area contributed by atoms with Crippen molar-refractivity contribution in [1.29, 1.82) is 0 Å². The number of sulfonamides is 1. The number of halogens is 1. The van der Waals surface area contributed by atoms with Crippen LogP contribution in [0.3, 0.4) is 0 Å². The fourth-order valence-corrected chi connectivity index (χ4v) is 4.94. The first-order chi connectivity index (χ1) is 14.3. The minimum Gasteiger partial charge on any atom is -0.504 e. The fraction of sp³-hybridized carbons (Fsp3) is 0.300. The molecular formula is C20H22ClN3O5S. The van der Waals surface area contributed by atoms with Gasteiger partial charge in [-0.25, -0.2) is 13.8 Å². The van der Waals surface area contributed by atoms with Crippen LogP contribution in [-0.2, 0) is 14.8 Å². The fourth-order valence-electron chi connectivity index (χ4n) is 3.16. The van der Waals surface area contributed by atoms with E-state index < -0.39 is 22.0 Å². The maximum atomic E-state index is 12.9. The molecule has 2 aromatic rings. The highest BCUT2D eigenvalue weighted by Crippen LogP contribution is 2.27. The standard InChI is InChI=1S/C20H22ClN3O5S/c1-2-29-19-12-14(5-10-18(19)25)13-22-23-20(26)17-4-3-11-24(17)30(27,28)16-8-6-15(21)7-9-16/h5-10,12-13,17,25H,2-4,11H2,1H3,(H,23,26)/b22-13-/t17-/m1/s1. The summed E-state index contributed by atoms with van der Waals surface area (Å²) in [7, 11) is -3.83. The van der Waals surface area contributed by atoms with Crippen LogP contribution >= 0.6 is 11.6 Å². The lowest BCUT2D eigenvalue weighted by Crippen LogP contribution is -2.44. The maximum Gasteiger partial charge on any atom is 0.258 e. The molecule has 1 aliphatic heterocycles. The smallest absolute Gasteiger partial charge is 0.258 e. The quantitative estimate of drug-likeness (QED) is 0.497. The molecular weight excluding hydrogens is 430 g/mol. The zero-order chi connectivity index (χ0) is 21.7. The Hall–Kier alpha value is -2.62. The number of hydrogen-bond acceptors (Lipinski definition) is 6. The molecule has 0 aromatic heterocycles. The van der Waals surface area contributed by atoms with Gasteiger partial charge in [-0.15, -0.1) is 0 Å². The van der Waals surface area contributed by atoms with Crippen molar-refractivity contribution in [3.05, 3.63) is 53.1 Å². The first-order valence-electron chi connectivity index (χ1n) is 9.39. The SMILES string of the molecule is CCOc1cc(/C=N\NC(=O)[C@H]2CCCN2S(=O)(=O)c2ccc(Cl)cc2)ccc1O. The lowest BCUT2D eigenvalue weighted by Gasteiger charge is -2.22. The van der Waals surface area contributed by atoms with Crippen LogP contribution < -0.4 is 10.2 Å². The third-order valence-electron chi connectivity index (χ3n) is 4.60. The Labute approximate surface area is 180 Å². The first-order valence-corrected chi connectivity index (χ1v) is 11.2. The van der Waals surface area contributed by atoms with Crippen LogP contribution in [0.25, 0.3) is 0 Å². The molecule has 2 aromatic carbocycles. The normalized spacial score (nSPS) is 17.3. The molecule has 1 heterocycles. The van der Waals surface area contributed by atoms with Gasteiger partial charge in [-0.2, -0.15) is 9.41 Å². The molecule has 8 nitrogen and oxygen atoms in total. The summed E-state index contributed by atoms with van der Waals surface area (Å²) in [5.74, 6) is -0.194. The maximum absolute atomic E-state index is 12.9. The topological polar surface area (TPSA) is 108 Å². The van der Waals surface area contributed by atoms with E-state index >= 15 is 0 Å². The van der Waals surface area contributed by atoms with Crippen LogP contribution in [0.4, 0.5) is 0 Å². The van der Waals surface area contributed by atoms with Crippen LogP contribution in [0.5, 0.6) is 11.5 Å². The van der Waals surface area contributed by atoms with Crippen molar-refractivity contribution in [2.45, 2.75) is 30.7 Å². The van der Waals surface area contributed by atoms with E-state index in [2.05, 4.69) is 10.5 Å². The number of nitrogens with one attached hydrogen (secondary N) is 1. The molecule has 1 amide bonds.